The van der Waals surface area contributed by atoms with Crippen LogP contribution in [-0.4, -0.2) is 64.7 Å². The number of aliphatic carboxylic acids is 1. The first-order valence-electron chi connectivity index (χ1n) is 14.2. The van der Waals surface area contributed by atoms with Gasteiger partial charge in [-0.15, -0.1) is 0 Å². The highest BCUT2D eigenvalue weighted by Crippen LogP contribution is 2.44. The van der Waals surface area contributed by atoms with Gasteiger partial charge in [0.25, 0.3) is 0 Å². The van der Waals surface area contributed by atoms with Gasteiger partial charge in [-0.2, -0.15) is 18.4 Å². The molecule has 1 aliphatic heterocycles. The van der Waals surface area contributed by atoms with Crippen molar-refractivity contribution in [3.05, 3.63) is 94.1 Å². The Kier molecular flexibility index (Phi) is 9.30. The number of benzene rings is 3. The number of hydrogen-bond acceptors (Lipinski definition) is 6. The number of nitriles is 1. The van der Waals surface area contributed by atoms with Gasteiger partial charge in [-0.3, -0.25) is 9.69 Å². The number of hydrogen-bond donors (Lipinski definition) is 2. The molecular formula is C33H31ClF3N3O5. The molecule has 45 heavy (non-hydrogen) atoms. The van der Waals surface area contributed by atoms with Crippen LogP contribution in [0.2, 0.25) is 5.02 Å². The Morgan fingerprint density at radius 3 is 2.36 bits per heavy atom. The van der Waals surface area contributed by atoms with Crippen molar-refractivity contribution in [2.24, 2.45) is 0 Å². The molecule has 2 heterocycles. The zero-order valence-corrected chi connectivity index (χ0v) is 25.1. The third-order valence-corrected chi connectivity index (χ3v) is 8.31. The number of piperidine rings is 1. The highest BCUT2D eigenvalue weighted by atomic mass is 35.5. The van der Waals surface area contributed by atoms with Crippen molar-refractivity contribution in [2.75, 3.05) is 26.7 Å². The largest absolute Gasteiger partial charge is 0.493 e. The number of rotatable bonds is 10. The van der Waals surface area contributed by atoms with Gasteiger partial charge < -0.3 is 24.3 Å². The molecule has 2 N–H and O–H groups in total. The van der Waals surface area contributed by atoms with Crippen LogP contribution in [0, 0.1) is 11.3 Å². The Labute approximate surface area is 262 Å². The second kappa shape index (κ2) is 13.0. The molecule has 1 saturated heterocycles. The van der Waals surface area contributed by atoms with Crippen molar-refractivity contribution in [3.8, 4) is 17.6 Å². The number of fused-ring (bicyclic) bond motifs is 1. The van der Waals surface area contributed by atoms with Crippen molar-refractivity contribution < 1.29 is 37.7 Å². The average molecular weight is 642 g/mol. The maximum atomic E-state index is 14.8. The number of aliphatic hydroxyl groups is 1. The number of halogens is 4. The molecule has 5 rings (SSSR count). The van der Waals surface area contributed by atoms with Crippen LogP contribution >= 0.6 is 11.6 Å². The normalized spacial score (nSPS) is 15.8. The van der Waals surface area contributed by atoms with E-state index in [0.29, 0.717) is 40.4 Å². The monoisotopic (exact) mass is 641 g/mol. The van der Waals surface area contributed by atoms with Gasteiger partial charge in [-0.25, -0.2) is 0 Å². The first kappa shape index (κ1) is 32.2. The molecule has 4 aromatic rings. The van der Waals surface area contributed by atoms with E-state index in [0.717, 1.165) is 5.56 Å². The van der Waals surface area contributed by atoms with Crippen LogP contribution in [0.4, 0.5) is 13.2 Å². The van der Waals surface area contributed by atoms with E-state index in [9.17, 15) is 28.3 Å². The second-order valence-corrected chi connectivity index (χ2v) is 11.6. The molecule has 1 aromatic heterocycles. The maximum Gasteiger partial charge on any atom is 0.422 e. The summed E-state index contributed by atoms with van der Waals surface area (Å²) in [6, 6.07) is 18.2. The van der Waals surface area contributed by atoms with Gasteiger partial charge in [-0.1, -0.05) is 35.9 Å². The first-order valence-corrected chi connectivity index (χ1v) is 14.6. The fraction of sp³-hybridized carbons (Fsp3) is 0.333. The Balaban J connectivity index is 1.37. The summed E-state index contributed by atoms with van der Waals surface area (Å²) in [6.45, 7) is 0.00535. The summed E-state index contributed by atoms with van der Waals surface area (Å²) in [4.78, 5) is 12.6. The lowest BCUT2D eigenvalue weighted by molar-refractivity contribution is -0.272. The van der Waals surface area contributed by atoms with E-state index in [1.54, 1.807) is 51.9 Å². The minimum absolute atomic E-state index is 0.170. The number of ether oxygens (including phenoxy) is 2. The van der Waals surface area contributed by atoms with Crippen molar-refractivity contribution in [1.82, 2.24) is 9.47 Å². The number of aromatic nitrogens is 1. The standard InChI is InChI=1S/C33H31ClF3N3O5/c1-44-30-15-22(16-31(41)42)5-9-29(30)45-25-10-12-39(13-11-25)20-32(43,33(35,36)37)27-19-40(18-21-2-6-24(34)7-3-21)28-14-23(17-38)4-8-26(27)28/h2-9,14-15,19,25,43H,10-13,16,18,20H2,1H3,(H,41,42). The molecule has 0 saturated carbocycles. The zero-order valence-electron chi connectivity index (χ0n) is 24.4. The lowest BCUT2D eigenvalue weighted by Crippen LogP contribution is -2.53. The third kappa shape index (κ3) is 7.04. The molecule has 1 atom stereocenters. The van der Waals surface area contributed by atoms with Gasteiger partial charge in [0, 0.05) is 48.3 Å². The topological polar surface area (TPSA) is 108 Å². The predicted octanol–water partition coefficient (Wildman–Crippen LogP) is 6.14. The van der Waals surface area contributed by atoms with Crippen LogP contribution in [-0.2, 0) is 23.4 Å². The van der Waals surface area contributed by atoms with Crippen molar-refractivity contribution >= 4 is 28.5 Å². The number of alkyl halides is 3. The maximum absolute atomic E-state index is 14.8. The SMILES string of the molecule is COc1cc(CC(=O)O)ccc1OC1CCN(CC(O)(c2cn(Cc3ccc(Cl)cc3)c3cc(C#N)ccc23)C(F)(F)F)CC1. The molecule has 8 nitrogen and oxygen atoms in total. The molecule has 3 aromatic carbocycles. The van der Waals surface area contributed by atoms with E-state index in [2.05, 4.69) is 0 Å². The minimum atomic E-state index is -5.00. The summed E-state index contributed by atoms with van der Waals surface area (Å²) in [5.41, 5.74) is -1.45. The molecule has 0 spiro atoms. The molecule has 12 heteroatoms. The zero-order chi connectivity index (χ0) is 32.4. The van der Waals surface area contributed by atoms with Gasteiger partial charge in [0.05, 0.1) is 30.7 Å². The number of β-amino-alcohol motifs (C(OH)–C–C–N with tert-alkyl or cyclic N) is 1. The highest BCUT2D eigenvalue weighted by Gasteiger charge is 2.57. The second-order valence-electron chi connectivity index (χ2n) is 11.1. The van der Waals surface area contributed by atoms with E-state index in [1.165, 1.54) is 31.5 Å². The van der Waals surface area contributed by atoms with Gasteiger partial charge in [0.2, 0.25) is 5.60 Å². The van der Waals surface area contributed by atoms with Gasteiger partial charge >= 0.3 is 12.1 Å². The van der Waals surface area contributed by atoms with Crippen molar-refractivity contribution in [1.29, 1.82) is 5.26 Å². The van der Waals surface area contributed by atoms with Crippen LogP contribution < -0.4 is 9.47 Å². The van der Waals surface area contributed by atoms with E-state index < -0.39 is 24.3 Å². The lowest BCUT2D eigenvalue weighted by atomic mass is 9.90. The molecule has 1 unspecified atom stereocenters. The van der Waals surface area contributed by atoms with Crippen LogP contribution in [0.5, 0.6) is 11.5 Å². The Morgan fingerprint density at radius 2 is 1.73 bits per heavy atom. The molecule has 1 aliphatic rings. The molecule has 0 bridgehead atoms. The number of nitrogens with zero attached hydrogens (tertiary/aromatic N) is 3. The summed E-state index contributed by atoms with van der Waals surface area (Å²) < 4.78 is 57.6. The van der Waals surface area contributed by atoms with Gasteiger partial charge in [0.15, 0.2) is 11.5 Å². The summed E-state index contributed by atoms with van der Waals surface area (Å²) in [7, 11) is 1.45. The van der Waals surface area contributed by atoms with Gasteiger partial charge in [-0.05, 0) is 60.4 Å². The number of likely N-dealkylation sites (tertiary alicyclic amines) is 1. The predicted molar refractivity (Wildman–Crippen MR) is 162 cm³/mol. The van der Waals surface area contributed by atoms with Gasteiger partial charge in [0.1, 0.15) is 6.10 Å². The first-order chi connectivity index (χ1) is 21.4. The van der Waals surface area contributed by atoms with Crippen LogP contribution in [0.25, 0.3) is 10.9 Å². The molecule has 1 fully saturated rings. The molecule has 0 radical (unpaired) electrons. The van der Waals surface area contributed by atoms with Crippen molar-refractivity contribution in [3.63, 3.8) is 0 Å². The Morgan fingerprint density at radius 1 is 1.04 bits per heavy atom. The lowest BCUT2D eigenvalue weighted by Gasteiger charge is -2.39. The number of methoxy groups -OCH3 is 1. The summed E-state index contributed by atoms with van der Waals surface area (Å²) in [5.74, 6) is -0.186. The summed E-state index contributed by atoms with van der Waals surface area (Å²) >= 11 is 6.00. The highest BCUT2D eigenvalue weighted by molar-refractivity contribution is 6.30. The van der Waals surface area contributed by atoms with Crippen LogP contribution in [0.1, 0.15) is 35.1 Å². The summed E-state index contributed by atoms with van der Waals surface area (Å²) in [6.07, 6.45) is -3.36. The summed E-state index contributed by atoms with van der Waals surface area (Å²) in [5, 5.41) is 30.8. The van der Waals surface area contributed by atoms with E-state index >= 15 is 0 Å². The van der Waals surface area contributed by atoms with E-state index in [4.69, 9.17) is 26.2 Å². The quantitative estimate of drug-likeness (QED) is 0.214. The van der Waals surface area contributed by atoms with Crippen molar-refractivity contribution in [2.45, 2.75) is 43.7 Å². The Hall–Kier alpha value is -4.24. The molecule has 0 amide bonds. The third-order valence-electron chi connectivity index (χ3n) is 8.06. The smallest absolute Gasteiger partial charge is 0.422 e. The fourth-order valence-corrected chi connectivity index (χ4v) is 5.84. The minimum Gasteiger partial charge on any atom is -0.493 e. The van der Waals surface area contributed by atoms with Crippen LogP contribution in [0.15, 0.2) is 66.9 Å². The molecule has 0 aliphatic carbocycles. The average Bonchev–Trinajstić information content (AvgIpc) is 3.37. The molecule has 236 valence electrons. The number of carbonyl (C=O) groups is 1. The Bertz CT molecular complexity index is 1730. The number of carboxylic acid groups (broad SMARTS) is 1. The molecular weight excluding hydrogens is 611 g/mol. The van der Waals surface area contributed by atoms with E-state index in [1.807, 2.05) is 6.07 Å². The fourth-order valence-electron chi connectivity index (χ4n) is 5.72. The number of carboxylic acids is 1. The van der Waals surface area contributed by atoms with Crippen LogP contribution in [0.3, 0.4) is 0 Å². The van der Waals surface area contributed by atoms with E-state index in [-0.39, 0.29) is 48.7 Å².